The van der Waals surface area contributed by atoms with Gasteiger partial charge in [-0.05, 0) is 0 Å². The second-order valence-electron chi connectivity index (χ2n) is 0.772. The third kappa shape index (κ3) is 9.36. The van der Waals surface area contributed by atoms with Gasteiger partial charge in [-0.2, -0.15) is 0 Å². The zero-order chi connectivity index (χ0) is 4.99. The summed E-state index contributed by atoms with van der Waals surface area (Å²) in [6.07, 6.45) is 0. The Hall–Kier alpha value is -0.0300. The molecule has 0 aliphatic heterocycles. The molecule has 0 aliphatic carbocycles. The smallest absolute Gasteiger partial charge is 0.247 e. The maximum atomic E-state index is 9.82. The van der Waals surface area contributed by atoms with Crippen LogP contribution in [0.1, 0.15) is 0 Å². The van der Waals surface area contributed by atoms with Gasteiger partial charge in [0.15, 0.2) is 0 Å². The summed E-state index contributed by atoms with van der Waals surface area (Å²) in [6, 6.07) is 0. The molecule has 0 spiro atoms. The maximum absolute atomic E-state index is 9.82. The van der Waals surface area contributed by atoms with Crippen molar-refractivity contribution in [2.24, 2.45) is 11.6 Å². The fourth-order valence-corrected chi connectivity index (χ4v) is 0.0589. The van der Waals surface area contributed by atoms with Crippen LogP contribution in [0.4, 0.5) is 0 Å². The van der Waals surface area contributed by atoms with E-state index < -0.39 is 0 Å². The monoisotopic (exact) mass is 161 g/mol. The molecule has 0 aromatic carbocycles. The zero-order valence-corrected chi connectivity index (χ0v) is 5.72. The number of hydrogen-bond donors (Lipinski definition) is 3. The van der Waals surface area contributed by atoms with Crippen molar-refractivity contribution in [1.29, 1.82) is 0 Å². The molecular formula is C2H9Cl2N3O. The lowest BCUT2D eigenvalue weighted by molar-refractivity contribution is -0.119. The number of carbonyl (C=O) groups is 1. The third-order valence-corrected chi connectivity index (χ3v) is 0.346. The van der Waals surface area contributed by atoms with Gasteiger partial charge in [-0.15, -0.1) is 24.8 Å². The Morgan fingerprint density at radius 3 is 1.88 bits per heavy atom. The summed E-state index contributed by atoms with van der Waals surface area (Å²) in [7, 11) is 0. The van der Waals surface area contributed by atoms with Gasteiger partial charge < -0.3 is 5.73 Å². The average Bonchev–Trinajstić information content (AvgIpc) is 1.65. The molecule has 4 nitrogen and oxygen atoms in total. The molecular weight excluding hydrogens is 153 g/mol. The summed E-state index contributed by atoms with van der Waals surface area (Å²) in [6.45, 7) is -0.0451. The summed E-state index contributed by atoms with van der Waals surface area (Å²) in [5.41, 5.74) is 6.64. The first-order valence-electron chi connectivity index (χ1n) is 1.50. The number of nitrogens with one attached hydrogen (secondary N) is 1. The molecule has 52 valence electrons. The van der Waals surface area contributed by atoms with Crippen LogP contribution in [0.3, 0.4) is 0 Å². The fraction of sp³-hybridized carbons (Fsp3) is 0.500. The Labute approximate surface area is 59.8 Å². The molecule has 0 saturated heterocycles. The molecule has 0 aliphatic rings. The SMILES string of the molecule is Cl.Cl.NCC(=O)NN. The van der Waals surface area contributed by atoms with E-state index in [2.05, 4.69) is 5.84 Å². The van der Waals surface area contributed by atoms with Crippen LogP contribution >= 0.6 is 24.8 Å². The maximum Gasteiger partial charge on any atom is 0.247 e. The number of nitrogens with two attached hydrogens (primary N) is 2. The molecule has 0 rings (SSSR count). The van der Waals surface area contributed by atoms with Crippen molar-refractivity contribution in [1.82, 2.24) is 5.43 Å². The van der Waals surface area contributed by atoms with E-state index in [0.29, 0.717) is 0 Å². The van der Waals surface area contributed by atoms with Gasteiger partial charge in [0.05, 0.1) is 6.54 Å². The molecule has 8 heavy (non-hydrogen) atoms. The highest BCUT2D eigenvalue weighted by atomic mass is 35.5. The van der Waals surface area contributed by atoms with Crippen LogP contribution in [0, 0.1) is 0 Å². The molecule has 0 aromatic heterocycles. The van der Waals surface area contributed by atoms with Gasteiger partial charge in [0, 0.05) is 0 Å². The molecule has 0 atom stereocenters. The molecule has 0 bridgehead atoms. The minimum atomic E-state index is -0.352. The second-order valence-corrected chi connectivity index (χ2v) is 0.772. The number of carbonyl (C=O) groups excluding carboxylic acids is 1. The number of halogens is 2. The number of amides is 1. The Kier molecular flexibility index (Phi) is 19.7. The Balaban J connectivity index is -0.000000125. The molecule has 6 heteroatoms. The van der Waals surface area contributed by atoms with Crippen molar-refractivity contribution in [2.75, 3.05) is 6.54 Å². The van der Waals surface area contributed by atoms with E-state index in [1.165, 1.54) is 0 Å². The van der Waals surface area contributed by atoms with Gasteiger partial charge >= 0.3 is 0 Å². The van der Waals surface area contributed by atoms with Gasteiger partial charge in [-0.1, -0.05) is 0 Å². The lowest BCUT2D eigenvalue weighted by Gasteiger charge is -1.87. The Morgan fingerprint density at radius 2 is 1.88 bits per heavy atom. The van der Waals surface area contributed by atoms with Crippen LogP contribution in [0.5, 0.6) is 0 Å². The highest BCUT2D eigenvalue weighted by molar-refractivity contribution is 5.85. The topological polar surface area (TPSA) is 81.1 Å². The van der Waals surface area contributed by atoms with E-state index in [9.17, 15) is 4.79 Å². The summed E-state index contributed by atoms with van der Waals surface area (Å²) >= 11 is 0. The lowest BCUT2D eigenvalue weighted by Crippen LogP contribution is -2.35. The average molecular weight is 162 g/mol. The Morgan fingerprint density at radius 1 is 1.50 bits per heavy atom. The molecule has 0 unspecified atom stereocenters. The van der Waals surface area contributed by atoms with Gasteiger partial charge in [-0.25, -0.2) is 5.84 Å². The fourth-order valence-electron chi connectivity index (χ4n) is 0.0589. The molecule has 0 fully saturated rings. The highest BCUT2D eigenvalue weighted by Crippen LogP contribution is 1.43. The van der Waals surface area contributed by atoms with Crippen molar-refractivity contribution in [2.45, 2.75) is 0 Å². The predicted octanol–water partition coefficient (Wildman–Crippen LogP) is -1.22. The van der Waals surface area contributed by atoms with Gasteiger partial charge in [-0.3, -0.25) is 10.2 Å². The number of rotatable bonds is 1. The van der Waals surface area contributed by atoms with Crippen molar-refractivity contribution in [3.8, 4) is 0 Å². The minimum absolute atomic E-state index is 0. The molecule has 5 N–H and O–H groups in total. The summed E-state index contributed by atoms with van der Waals surface area (Å²) in [5, 5.41) is 0. The summed E-state index contributed by atoms with van der Waals surface area (Å²) < 4.78 is 0. The third-order valence-electron chi connectivity index (χ3n) is 0.346. The molecule has 0 saturated carbocycles. The second kappa shape index (κ2) is 10.1. The first-order valence-corrected chi connectivity index (χ1v) is 1.50. The van der Waals surface area contributed by atoms with Crippen molar-refractivity contribution in [3.63, 3.8) is 0 Å². The molecule has 0 heterocycles. The van der Waals surface area contributed by atoms with Crippen LogP contribution in [0.2, 0.25) is 0 Å². The van der Waals surface area contributed by atoms with Gasteiger partial charge in [0.2, 0.25) is 5.91 Å². The summed E-state index contributed by atoms with van der Waals surface area (Å²) in [5.74, 6) is 4.25. The van der Waals surface area contributed by atoms with Crippen LogP contribution in [0.15, 0.2) is 0 Å². The summed E-state index contributed by atoms with van der Waals surface area (Å²) in [4.78, 5) is 9.82. The van der Waals surface area contributed by atoms with Crippen molar-refractivity contribution >= 4 is 30.7 Å². The number of hydrogen-bond acceptors (Lipinski definition) is 3. The van der Waals surface area contributed by atoms with E-state index in [0.717, 1.165) is 0 Å². The van der Waals surface area contributed by atoms with E-state index in [1.54, 1.807) is 0 Å². The van der Waals surface area contributed by atoms with Gasteiger partial charge in [0.25, 0.3) is 0 Å². The lowest BCUT2D eigenvalue weighted by atomic mass is 10.7. The van der Waals surface area contributed by atoms with Crippen LogP contribution < -0.4 is 17.0 Å². The van der Waals surface area contributed by atoms with E-state index in [-0.39, 0.29) is 37.3 Å². The predicted molar refractivity (Wildman–Crippen MR) is 35.9 cm³/mol. The van der Waals surface area contributed by atoms with Crippen LogP contribution in [0.25, 0.3) is 0 Å². The highest BCUT2D eigenvalue weighted by Gasteiger charge is 1.85. The normalized spacial score (nSPS) is 5.75. The van der Waals surface area contributed by atoms with Gasteiger partial charge in [0.1, 0.15) is 0 Å². The first kappa shape index (κ1) is 15.7. The van der Waals surface area contributed by atoms with Crippen molar-refractivity contribution < 1.29 is 4.79 Å². The molecule has 0 aromatic rings. The van der Waals surface area contributed by atoms with Crippen LogP contribution in [-0.4, -0.2) is 12.5 Å². The standard InChI is InChI=1S/C2H7N3O.2ClH/c3-1-2(6)5-4;;/h1,3-4H2,(H,5,6);2*1H. The number of hydrazine groups is 1. The minimum Gasteiger partial charge on any atom is -0.322 e. The van der Waals surface area contributed by atoms with E-state index in [4.69, 9.17) is 5.73 Å². The van der Waals surface area contributed by atoms with Crippen LogP contribution in [-0.2, 0) is 4.79 Å². The Bertz CT molecular complexity index is 53.2. The molecule has 0 radical (unpaired) electrons. The van der Waals surface area contributed by atoms with Crippen molar-refractivity contribution in [3.05, 3.63) is 0 Å². The first-order chi connectivity index (χ1) is 2.81. The molecule has 1 amide bonds. The zero-order valence-electron chi connectivity index (χ0n) is 4.09. The van der Waals surface area contributed by atoms with E-state index in [1.807, 2.05) is 5.43 Å². The quantitative estimate of drug-likeness (QED) is 0.257. The largest absolute Gasteiger partial charge is 0.322 e. The van der Waals surface area contributed by atoms with E-state index >= 15 is 0 Å².